The van der Waals surface area contributed by atoms with Crippen LogP contribution in [0, 0.1) is 0 Å². The molecule has 16 nitrogen and oxygen atoms in total. The van der Waals surface area contributed by atoms with Crippen LogP contribution in [0.3, 0.4) is 0 Å². The minimum absolute atomic E-state index is 0.292. The Morgan fingerprint density at radius 1 is 0.655 bits per heavy atom. The van der Waals surface area contributed by atoms with E-state index in [0.717, 1.165) is 66.2 Å². The molecule has 2 heterocycles. The molecule has 0 unspecified atom stereocenters. The molecule has 5 N–H and O–H groups in total. The quantitative estimate of drug-likeness (QED) is 0.162. The summed E-state index contributed by atoms with van der Waals surface area (Å²) in [5.41, 5.74) is -3.38. The smallest absolute Gasteiger partial charge is 0.338 e. The van der Waals surface area contributed by atoms with Gasteiger partial charge < -0.3 is 5.11 Å². The van der Waals surface area contributed by atoms with Gasteiger partial charge in [0.2, 0.25) is 25.9 Å². The van der Waals surface area contributed by atoms with Crippen molar-refractivity contribution in [2.24, 2.45) is 10.3 Å². The molecular formula is C37H40N6O10S2. The fraction of sp³-hybridized carbons (Fsp3) is 0.324. The molecular weight excluding hydrogens is 753 g/mol. The molecule has 3 aromatic rings. The van der Waals surface area contributed by atoms with E-state index in [1.807, 2.05) is 0 Å². The molecule has 2 aliphatic carbocycles. The average molecular weight is 793 g/mol. The Labute approximate surface area is 316 Å². The van der Waals surface area contributed by atoms with E-state index in [-0.39, 0.29) is 16.9 Å². The highest BCUT2D eigenvalue weighted by Gasteiger charge is 2.46. The zero-order valence-corrected chi connectivity index (χ0v) is 31.2. The first-order valence-electron chi connectivity index (χ1n) is 17.7. The maximum atomic E-state index is 13.9. The number of benzene rings is 2. The number of allylic oxidation sites excluding steroid dienone is 4. The Morgan fingerprint density at radius 2 is 1.18 bits per heavy atom. The fourth-order valence-corrected chi connectivity index (χ4v) is 8.87. The van der Waals surface area contributed by atoms with Crippen molar-refractivity contribution in [3.8, 4) is 11.6 Å². The largest absolute Gasteiger partial charge is 0.494 e. The van der Waals surface area contributed by atoms with Gasteiger partial charge in [0, 0.05) is 12.1 Å². The Bertz CT molecular complexity index is 2490. The molecule has 3 aliphatic rings. The number of urea groups is 1. The summed E-state index contributed by atoms with van der Waals surface area (Å²) in [5, 5.41) is 22.2. The number of sulfonamides is 2. The molecule has 1 aliphatic heterocycles. The second kappa shape index (κ2) is 15.7. The van der Waals surface area contributed by atoms with Gasteiger partial charge in [0.25, 0.3) is 17.4 Å². The van der Waals surface area contributed by atoms with Crippen LogP contribution in [0.4, 0.5) is 10.5 Å². The first-order chi connectivity index (χ1) is 26.1. The number of carbonyl (C=O) groups excluding carboxylic acids is 3. The summed E-state index contributed by atoms with van der Waals surface area (Å²) < 4.78 is 51.6. The Balaban J connectivity index is 1.42. The molecule has 0 radical (unpaired) electrons. The maximum absolute atomic E-state index is 13.9. The minimum Gasteiger partial charge on any atom is -0.494 e. The maximum Gasteiger partial charge on any atom is 0.338 e. The molecule has 55 heavy (non-hydrogen) atoms. The van der Waals surface area contributed by atoms with Crippen molar-refractivity contribution in [2.45, 2.75) is 86.1 Å². The lowest BCUT2D eigenvalue weighted by atomic mass is 9.93. The Kier molecular flexibility index (Phi) is 11.2. The number of hydrogen-bond acceptors (Lipinski definition) is 10. The summed E-state index contributed by atoms with van der Waals surface area (Å²) >= 11 is 0. The van der Waals surface area contributed by atoms with E-state index >= 15 is 0 Å². The van der Waals surface area contributed by atoms with Crippen LogP contribution in [0.25, 0.3) is 11.8 Å². The number of hydrogen-bond donors (Lipinski definition) is 3. The molecule has 2 saturated carbocycles. The van der Waals surface area contributed by atoms with Gasteiger partial charge in [-0.25, -0.2) is 46.2 Å². The van der Waals surface area contributed by atoms with E-state index in [1.54, 1.807) is 0 Å². The van der Waals surface area contributed by atoms with E-state index < -0.39 is 82.5 Å². The van der Waals surface area contributed by atoms with Crippen molar-refractivity contribution in [1.82, 2.24) is 14.0 Å². The van der Waals surface area contributed by atoms with Crippen molar-refractivity contribution in [1.29, 1.82) is 0 Å². The summed E-state index contributed by atoms with van der Waals surface area (Å²) in [6.07, 6.45) is 13.1. The number of barbiturate groups is 1. The predicted octanol–water partition coefficient (Wildman–Crippen LogP) is 3.33. The van der Waals surface area contributed by atoms with Crippen LogP contribution in [0.1, 0.15) is 75.8 Å². The Hall–Kier alpha value is -5.43. The zero-order valence-electron chi connectivity index (χ0n) is 29.6. The van der Waals surface area contributed by atoms with Crippen LogP contribution < -0.4 is 26.4 Å². The summed E-state index contributed by atoms with van der Waals surface area (Å²) in [4.78, 5) is 69.9. The van der Waals surface area contributed by atoms with Crippen molar-refractivity contribution in [3.05, 3.63) is 105 Å². The van der Waals surface area contributed by atoms with Crippen LogP contribution >= 0.6 is 0 Å². The number of amides is 4. The summed E-state index contributed by atoms with van der Waals surface area (Å²) in [7, 11) is -8.79. The van der Waals surface area contributed by atoms with Crippen molar-refractivity contribution < 1.29 is 36.3 Å². The normalized spacial score (nSPS) is 19.0. The van der Waals surface area contributed by atoms with Crippen LogP contribution in [0.15, 0.2) is 97.8 Å². The fourth-order valence-electron chi connectivity index (χ4n) is 7.43. The molecule has 1 saturated heterocycles. The number of anilines is 1. The summed E-state index contributed by atoms with van der Waals surface area (Å²) in [5.74, 6) is -2.58. The average Bonchev–Trinajstić information content (AvgIpc) is 3.14. The number of carbonyl (C=O) groups is 3. The van der Waals surface area contributed by atoms with Gasteiger partial charge in [-0.3, -0.25) is 23.9 Å². The molecule has 1 aromatic heterocycles. The van der Waals surface area contributed by atoms with Gasteiger partial charge in [0.15, 0.2) is 0 Å². The SMILES string of the molecule is NS(=O)(=O)c1ccccc1N1C(=O)C(=CC=CC=Cc2c(O)n(C3CCCCC3)c(=O)n(-c3ccccc3S(N)(=O)=O)c2=O)C(=O)N(C2CCCCC2)C1=O. The number of imide groups is 2. The topological polar surface area (TPSA) is 242 Å². The molecule has 290 valence electrons. The van der Waals surface area contributed by atoms with Crippen molar-refractivity contribution in [2.75, 3.05) is 4.90 Å². The number of para-hydroxylation sites is 2. The van der Waals surface area contributed by atoms with Crippen molar-refractivity contribution in [3.63, 3.8) is 0 Å². The third-order valence-corrected chi connectivity index (χ3v) is 11.9. The highest BCUT2D eigenvalue weighted by Crippen LogP contribution is 2.34. The lowest BCUT2D eigenvalue weighted by Gasteiger charge is -2.39. The van der Waals surface area contributed by atoms with Gasteiger partial charge in [0.05, 0.1) is 11.4 Å². The van der Waals surface area contributed by atoms with Gasteiger partial charge in [-0.1, -0.05) is 81.0 Å². The lowest BCUT2D eigenvalue weighted by molar-refractivity contribution is -0.131. The van der Waals surface area contributed by atoms with Gasteiger partial charge >= 0.3 is 11.7 Å². The van der Waals surface area contributed by atoms with Gasteiger partial charge in [-0.05, 0) is 62.1 Å². The van der Waals surface area contributed by atoms with Gasteiger partial charge in [-0.15, -0.1) is 0 Å². The standard InChI is InChI=1S/C37H40N6O10S2/c38-54(50,51)30-22-12-10-20-28(30)42-34(46)26(32(44)40(36(42)48)24-14-4-1-5-15-24)18-8-3-9-19-27-33(45)41(25-16-6-2-7-17-25)37(49)43(35(27)47)29-21-11-13-23-31(29)55(39,52)53/h3,8-13,18-25,44H,1-2,4-7,14-17H2,(H2,38,50,51)(H2,39,52,53). The third kappa shape index (κ3) is 7.75. The summed E-state index contributed by atoms with van der Waals surface area (Å²) in [6, 6.07) is 8.42. The molecule has 3 fully saturated rings. The molecule has 0 atom stereocenters. The molecule has 0 bridgehead atoms. The van der Waals surface area contributed by atoms with E-state index in [0.29, 0.717) is 35.2 Å². The van der Waals surface area contributed by atoms with Gasteiger partial charge in [-0.2, -0.15) is 0 Å². The first-order valence-corrected chi connectivity index (χ1v) is 20.8. The second-order valence-electron chi connectivity index (χ2n) is 13.6. The highest BCUT2D eigenvalue weighted by atomic mass is 32.2. The van der Waals surface area contributed by atoms with E-state index in [4.69, 9.17) is 10.3 Å². The number of rotatable bonds is 9. The number of aromatic hydroxyl groups is 1. The zero-order chi connectivity index (χ0) is 39.7. The number of primary sulfonamides is 2. The van der Waals surface area contributed by atoms with Gasteiger partial charge in [0.1, 0.15) is 20.9 Å². The number of nitrogens with two attached hydrogens (primary N) is 2. The molecule has 6 rings (SSSR count). The lowest BCUT2D eigenvalue weighted by Crippen LogP contribution is -2.60. The monoisotopic (exact) mass is 792 g/mol. The second-order valence-corrected chi connectivity index (χ2v) is 16.6. The summed E-state index contributed by atoms with van der Waals surface area (Å²) in [6.45, 7) is 0. The molecule has 18 heteroatoms. The molecule has 4 amide bonds. The highest BCUT2D eigenvalue weighted by molar-refractivity contribution is 7.89. The first kappa shape index (κ1) is 39.3. The number of aromatic nitrogens is 2. The molecule has 2 aromatic carbocycles. The van der Waals surface area contributed by atoms with Crippen LogP contribution in [0.2, 0.25) is 0 Å². The van der Waals surface area contributed by atoms with E-state index in [1.165, 1.54) is 60.7 Å². The van der Waals surface area contributed by atoms with Crippen LogP contribution in [0.5, 0.6) is 5.88 Å². The van der Waals surface area contributed by atoms with E-state index in [9.17, 15) is 45.9 Å². The van der Waals surface area contributed by atoms with Crippen molar-refractivity contribution >= 4 is 49.7 Å². The van der Waals surface area contributed by atoms with Crippen LogP contribution in [-0.2, 0) is 29.6 Å². The van der Waals surface area contributed by atoms with E-state index in [2.05, 4.69) is 0 Å². The minimum atomic E-state index is -4.40. The number of nitrogens with zero attached hydrogens (tertiary/aromatic N) is 4. The molecule has 0 spiro atoms. The Morgan fingerprint density at radius 3 is 1.76 bits per heavy atom. The van der Waals surface area contributed by atoms with Crippen LogP contribution in [-0.4, -0.2) is 59.9 Å². The predicted molar refractivity (Wildman–Crippen MR) is 202 cm³/mol. The third-order valence-electron chi connectivity index (χ3n) is 10.0.